The Morgan fingerprint density at radius 2 is 2.38 bits per heavy atom. The van der Waals surface area contributed by atoms with Gasteiger partial charge < -0.3 is 5.21 Å². The number of oxime groups is 1. The normalized spacial score (nSPS) is 11.0. The predicted molar refractivity (Wildman–Crippen MR) is 63.1 cm³/mol. The minimum atomic E-state index is 0.726. The number of thiazole rings is 1. The first-order chi connectivity index (χ1) is 7.88. The Morgan fingerprint density at radius 1 is 1.44 bits per heavy atom. The highest BCUT2D eigenvalue weighted by Gasteiger charge is 2.00. The Hall–Kier alpha value is -1.75. The topological polar surface area (TPSA) is 58.4 Å². The molecule has 0 radical (unpaired) electrons. The van der Waals surface area contributed by atoms with Crippen LogP contribution in [0, 0.1) is 0 Å². The summed E-state index contributed by atoms with van der Waals surface area (Å²) in [5.74, 6) is 0. The van der Waals surface area contributed by atoms with Crippen LogP contribution in [-0.2, 0) is 12.8 Å². The fraction of sp³-hybridized carbons (Fsp3) is 0.182. The van der Waals surface area contributed by atoms with Gasteiger partial charge in [0, 0.05) is 17.8 Å². The van der Waals surface area contributed by atoms with Crippen molar-refractivity contribution in [1.29, 1.82) is 0 Å². The van der Waals surface area contributed by atoms with Crippen LogP contribution in [-0.4, -0.2) is 21.4 Å². The molecule has 0 atom stereocenters. The molecule has 5 heteroatoms. The summed E-state index contributed by atoms with van der Waals surface area (Å²) in [6.45, 7) is 0. The van der Waals surface area contributed by atoms with E-state index in [-0.39, 0.29) is 0 Å². The molecule has 0 amide bonds. The molecule has 2 aromatic rings. The monoisotopic (exact) mass is 233 g/mol. The van der Waals surface area contributed by atoms with Gasteiger partial charge in [0.2, 0.25) is 0 Å². The quantitative estimate of drug-likeness (QED) is 0.500. The zero-order valence-corrected chi connectivity index (χ0v) is 9.39. The number of aryl methyl sites for hydroxylation is 2. The fourth-order valence-electron chi connectivity index (χ4n) is 1.36. The van der Waals surface area contributed by atoms with Gasteiger partial charge in [-0.2, -0.15) is 0 Å². The van der Waals surface area contributed by atoms with Gasteiger partial charge in [0.15, 0.2) is 0 Å². The summed E-state index contributed by atoms with van der Waals surface area (Å²) < 4.78 is 0. The molecule has 2 heterocycles. The van der Waals surface area contributed by atoms with Gasteiger partial charge >= 0.3 is 0 Å². The summed E-state index contributed by atoms with van der Waals surface area (Å²) in [5, 5.41) is 14.0. The van der Waals surface area contributed by atoms with Crippen molar-refractivity contribution in [1.82, 2.24) is 9.97 Å². The number of pyridine rings is 1. The molecule has 0 aliphatic heterocycles. The third kappa shape index (κ3) is 2.87. The summed E-state index contributed by atoms with van der Waals surface area (Å²) in [5.41, 5.74) is 2.22. The lowest BCUT2D eigenvalue weighted by Gasteiger charge is -1.97. The van der Waals surface area contributed by atoms with Crippen LogP contribution in [0.2, 0.25) is 0 Å². The molecule has 0 saturated heterocycles. The van der Waals surface area contributed by atoms with Crippen molar-refractivity contribution < 1.29 is 5.21 Å². The van der Waals surface area contributed by atoms with E-state index in [1.165, 1.54) is 23.1 Å². The highest BCUT2D eigenvalue weighted by Crippen LogP contribution is 2.10. The Labute approximate surface area is 97.3 Å². The fourth-order valence-corrected chi connectivity index (χ4v) is 2.07. The molecule has 0 unspecified atom stereocenters. The Balaban J connectivity index is 1.94. The first-order valence-electron chi connectivity index (χ1n) is 4.89. The molecular formula is C11H11N3OS. The second kappa shape index (κ2) is 5.37. The first kappa shape index (κ1) is 10.8. The molecule has 0 aliphatic rings. The maximum atomic E-state index is 8.36. The Bertz CT molecular complexity index is 467. The van der Waals surface area contributed by atoms with Crippen molar-refractivity contribution in [3.05, 3.63) is 46.2 Å². The number of hydrogen-bond acceptors (Lipinski definition) is 5. The standard InChI is InChI=1S/C11H11N3OS/c15-13-7-11-14-10(8-16-11)4-3-9-2-1-5-12-6-9/h1-2,5-8,15H,3-4H2/b13-7-. The highest BCUT2D eigenvalue weighted by atomic mass is 32.1. The highest BCUT2D eigenvalue weighted by molar-refractivity contribution is 7.11. The van der Waals surface area contributed by atoms with Crippen LogP contribution >= 0.6 is 11.3 Å². The third-order valence-electron chi connectivity index (χ3n) is 2.13. The molecular weight excluding hydrogens is 222 g/mol. The van der Waals surface area contributed by atoms with Gasteiger partial charge in [0.25, 0.3) is 0 Å². The van der Waals surface area contributed by atoms with E-state index in [1.54, 1.807) is 6.20 Å². The molecule has 0 saturated carbocycles. The van der Waals surface area contributed by atoms with Gasteiger partial charge in [-0.3, -0.25) is 4.98 Å². The maximum absolute atomic E-state index is 8.36. The van der Waals surface area contributed by atoms with Crippen LogP contribution in [0.1, 0.15) is 16.3 Å². The molecule has 0 aliphatic carbocycles. The molecule has 2 aromatic heterocycles. The van der Waals surface area contributed by atoms with Gasteiger partial charge in [-0.15, -0.1) is 11.3 Å². The molecule has 82 valence electrons. The number of hydrogen-bond donors (Lipinski definition) is 1. The van der Waals surface area contributed by atoms with Crippen LogP contribution in [0.25, 0.3) is 0 Å². The van der Waals surface area contributed by atoms with Gasteiger partial charge in [0.1, 0.15) is 11.2 Å². The van der Waals surface area contributed by atoms with Crippen LogP contribution in [0.4, 0.5) is 0 Å². The molecule has 0 fully saturated rings. The molecule has 1 N–H and O–H groups in total. The summed E-state index contributed by atoms with van der Waals surface area (Å²) >= 11 is 1.47. The molecule has 0 bridgehead atoms. The zero-order valence-electron chi connectivity index (χ0n) is 8.58. The van der Waals surface area contributed by atoms with E-state index in [0.29, 0.717) is 0 Å². The van der Waals surface area contributed by atoms with E-state index >= 15 is 0 Å². The van der Waals surface area contributed by atoms with E-state index < -0.39 is 0 Å². The minimum absolute atomic E-state index is 0.726. The minimum Gasteiger partial charge on any atom is -0.411 e. The SMILES string of the molecule is O/N=C\c1nc(CCc2cccnc2)cs1. The summed E-state index contributed by atoms with van der Waals surface area (Å²) in [7, 11) is 0. The smallest absolute Gasteiger partial charge is 0.138 e. The second-order valence-electron chi connectivity index (χ2n) is 3.28. The molecule has 16 heavy (non-hydrogen) atoms. The van der Waals surface area contributed by atoms with Gasteiger partial charge in [-0.25, -0.2) is 4.98 Å². The third-order valence-corrected chi connectivity index (χ3v) is 2.96. The van der Waals surface area contributed by atoms with Crippen molar-refractivity contribution in [3.8, 4) is 0 Å². The largest absolute Gasteiger partial charge is 0.411 e. The van der Waals surface area contributed by atoms with E-state index in [0.717, 1.165) is 23.5 Å². The average Bonchev–Trinajstić information content (AvgIpc) is 2.76. The van der Waals surface area contributed by atoms with Crippen molar-refractivity contribution in [2.75, 3.05) is 0 Å². The summed E-state index contributed by atoms with van der Waals surface area (Å²) in [6, 6.07) is 3.98. The maximum Gasteiger partial charge on any atom is 0.138 e. The van der Waals surface area contributed by atoms with Crippen molar-refractivity contribution in [2.24, 2.45) is 5.16 Å². The summed E-state index contributed by atoms with van der Waals surface area (Å²) in [4.78, 5) is 8.36. The molecule has 2 rings (SSSR count). The Kier molecular flexibility index (Phi) is 3.61. The van der Waals surface area contributed by atoms with Gasteiger partial charge in [-0.05, 0) is 24.5 Å². The van der Waals surface area contributed by atoms with Crippen molar-refractivity contribution >= 4 is 17.6 Å². The lowest BCUT2D eigenvalue weighted by Crippen LogP contribution is -1.92. The lowest BCUT2D eigenvalue weighted by molar-refractivity contribution is 0.322. The van der Waals surface area contributed by atoms with Crippen molar-refractivity contribution in [2.45, 2.75) is 12.8 Å². The molecule has 0 aromatic carbocycles. The van der Waals surface area contributed by atoms with E-state index in [9.17, 15) is 0 Å². The first-order valence-corrected chi connectivity index (χ1v) is 5.77. The average molecular weight is 233 g/mol. The second-order valence-corrected chi connectivity index (χ2v) is 4.17. The van der Waals surface area contributed by atoms with Crippen LogP contribution in [0.15, 0.2) is 35.1 Å². The lowest BCUT2D eigenvalue weighted by atomic mass is 10.1. The van der Waals surface area contributed by atoms with E-state index in [4.69, 9.17) is 5.21 Å². The van der Waals surface area contributed by atoms with Crippen LogP contribution in [0.5, 0.6) is 0 Å². The number of nitrogens with zero attached hydrogens (tertiary/aromatic N) is 3. The van der Waals surface area contributed by atoms with Crippen LogP contribution in [0.3, 0.4) is 0 Å². The number of rotatable bonds is 4. The van der Waals surface area contributed by atoms with Gasteiger partial charge in [0.05, 0.1) is 5.69 Å². The predicted octanol–water partition coefficient (Wildman–Crippen LogP) is 2.13. The van der Waals surface area contributed by atoms with E-state index in [2.05, 4.69) is 21.2 Å². The molecule has 4 nitrogen and oxygen atoms in total. The van der Waals surface area contributed by atoms with Crippen molar-refractivity contribution in [3.63, 3.8) is 0 Å². The molecule has 0 spiro atoms. The van der Waals surface area contributed by atoms with Crippen LogP contribution < -0.4 is 0 Å². The number of aromatic nitrogens is 2. The zero-order chi connectivity index (χ0) is 11.2. The Morgan fingerprint density at radius 3 is 3.12 bits per heavy atom. The van der Waals surface area contributed by atoms with E-state index in [1.807, 2.05) is 17.6 Å². The van der Waals surface area contributed by atoms with Gasteiger partial charge in [-0.1, -0.05) is 11.2 Å². The summed E-state index contributed by atoms with van der Waals surface area (Å²) in [6.07, 6.45) is 6.78.